The number of hydrogen-bond acceptors (Lipinski definition) is 2. The molecule has 0 spiro atoms. The first-order valence-corrected chi connectivity index (χ1v) is 9.02. The number of aryl methyl sites for hydroxylation is 1. The number of pyridine rings is 1. The molecule has 4 aromatic rings. The third-order valence-corrected chi connectivity index (χ3v) is 4.92. The Kier molecular flexibility index (Phi) is 7.20. The first kappa shape index (κ1) is 22.6. The van der Waals surface area contributed by atoms with E-state index in [0.29, 0.717) is 0 Å². The van der Waals surface area contributed by atoms with Gasteiger partial charge in [-0.1, -0.05) is 36.4 Å². The van der Waals surface area contributed by atoms with Crippen molar-refractivity contribution in [1.29, 1.82) is 0 Å². The average Bonchev–Trinajstić information content (AvgIpc) is 2.69. The van der Waals surface area contributed by atoms with Gasteiger partial charge >= 0.3 is 0 Å². The van der Waals surface area contributed by atoms with Crippen molar-refractivity contribution in [2.24, 2.45) is 12.8 Å². The molecule has 0 aliphatic heterocycles. The van der Waals surface area contributed by atoms with Crippen molar-refractivity contribution in [2.45, 2.75) is 13.0 Å². The SMILES string of the molecule is C[C@H](N)C(=O)Nc1ccc(-c2c3ccccc3[n+](C)c3ccccc23)cc1.Cl.[Cl-]. The minimum absolute atomic E-state index is 0. The van der Waals surface area contributed by atoms with Crippen molar-refractivity contribution in [3.63, 3.8) is 0 Å². The number of halogens is 2. The van der Waals surface area contributed by atoms with Crippen molar-refractivity contribution in [3.05, 3.63) is 72.8 Å². The Morgan fingerprint density at radius 1 is 0.897 bits per heavy atom. The number of para-hydroxylation sites is 2. The quantitative estimate of drug-likeness (QED) is 0.381. The number of rotatable bonds is 3. The monoisotopic (exact) mass is 427 g/mol. The summed E-state index contributed by atoms with van der Waals surface area (Å²) in [7, 11) is 2.10. The van der Waals surface area contributed by atoms with Crippen molar-refractivity contribution >= 4 is 45.8 Å². The van der Waals surface area contributed by atoms with Gasteiger partial charge in [0.1, 0.15) is 7.05 Å². The summed E-state index contributed by atoms with van der Waals surface area (Å²) in [4.78, 5) is 11.8. The molecule has 3 aromatic carbocycles. The molecule has 0 aliphatic rings. The molecular weight excluding hydrogens is 405 g/mol. The summed E-state index contributed by atoms with van der Waals surface area (Å²) >= 11 is 0. The van der Waals surface area contributed by atoms with E-state index in [1.54, 1.807) is 6.92 Å². The van der Waals surface area contributed by atoms with E-state index in [9.17, 15) is 4.79 Å². The second-order valence-electron chi connectivity index (χ2n) is 6.82. The van der Waals surface area contributed by atoms with E-state index in [1.807, 2.05) is 24.3 Å². The molecule has 6 heteroatoms. The predicted octanol–water partition coefficient (Wildman–Crippen LogP) is 1.20. The van der Waals surface area contributed by atoms with Gasteiger partial charge in [0.15, 0.2) is 0 Å². The minimum Gasteiger partial charge on any atom is -1.00 e. The molecule has 1 heterocycles. The summed E-state index contributed by atoms with van der Waals surface area (Å²) < 4.78 is 2.23. The van der Waals surface area contributed by atoms with Crippen LogP contribution in [-0.4, -0.2) is 11.9 Å². The van der Waals surface area contributed by atoms with Crippen LogP contribution in [0.2, 0.25) is 0 Å². The topological polar surface area (TPSA) is 59.0 Å². The summed E-state index contributed by atoms with van der Waals surface area (Å²) in [5.74, 6) is -0.189. The Morgan fingerprint density at radius 2 is 1.38 bits per heavy atom. The lowest BCUT2D eigenvalue weighted by molar-refractivity contribution is -0.617. The lowest BCUT2D eigenvalue weighted by Gasteiger charge is -2.12. The Bertz CT molecular complexity index is 1100. The molecule has 4 rings (SSSR count). The van der Waals surface area contributed by atoms with Crippen molar-refractivity contribution in [1.82, 2.24) is 0 Å². The number of amides is 1. The van der Waals surface area contributed by atoms with Crippen molar-refractivity contribution in [2.75, 3.05) is 5.32 Å². The number of nitrogens with one attached hydrogen (secondary N) is 1. The van der Waals surface area contributed by atoms with Gasteiger partial charge in [0, 0.05) is 23.4 Å². The Labute approximate surface area is 182 Å². The molecule has 0 unspecified atom stereocenters. The van der Waals surface area contributed by atoms with Gasteiger partial charge in [-0.3, -0.25) is 4.79 Å². The van der Waals surface area contributed by atoms with Crippen molar-refractivity contribution in [3.8, 4) is 11.1 Å². The second-order valence-corrected chi connectivity index (χ2v) is 6.82. The van der Waals surface area contributed by atoms with Gasteiger partial charge < -0.3 is 23.5 Å². The highest BCUT2D eigenvalue weighted by Crippen LogP contribution is 2.34. The number of nitrogens with two attached hydrogens (primary N) is 1. The van der Waals surface area contributed by atoms with Gasteiger partial charge in [-0.15, -0.1) is 12.4 Å². The standard InChI is InChI=1S/C23H21N3O.2ClH/c1-15(24)23(27)25-17-13-11-16(12-14-17)22-18-7-3-5-9-20(18)26(2)21-10-6-4-8-19(21)22;;/h3-15H,24H2,1-2H3;2*1H/t15-;;/m0../s1. The normalized spacial score (nSPS) is 11.4. The molecule has 3 N–H and O–H groups in total. The van der Waals surface area contributed by atoms with Crippen LogP contribution < -0.4 is 28.0 Å². The highest BCUT2D eigenvalue weighted by molar-refractivity contribution is 6.07. The number of carbonyl (C=O) groups excluding carboxylic acids is 1. The first-order chi connectivity index (χ1) is 13.1. The Morgan fingerprint density at radius 3 is 1.86 bits per heavy atom. The maximum absolute atomic E-state index is 11.8. The van der Waals surface area contributed by atoms with Crippen LogP contribution in [0.5, 0.6) is 0 Å². The molecule has 29 heavy (non-hydrogen) atoms. The maximum Gasteiger partial charge on any atom is 0.240 e. The van der Waals surface area contributed by atoms with E-state index in [-0.39, 0.29) is 30.7 Å². The van der Waals surface area contributed by atoms with E-state index < -0.39 is 6.04 Å². The van der Waals surface area contributed by atoms with Gasteiger partial charge in [-0.05, 0) is 36.8 Å². The molecule has 4 nitrogen and oxygen atoms in total. The molecule has 1 amide bonds. The number of aromatic nitrogens is 1. The zero-order chi connectivity index (χ0) is 19.0. The van der Waals surface area contributed by atoms with Crippen LogP contribution in [0.25, 0.3) is 32.9 Å². The van der Waals surface area contributed by atoms with Crippen molar-refractivity contribution < 1.29 is 21.8 Å². The molecule has 0 saturated heterocycles. The molecule has 0 radical (unpaired) electrons. The summed E-state index contributed by atoms with van der Waals surface area (Å²) in [5, 5.41) is 5.24. The molecule has 150 valence electrons. The fourth-order valence-corrected chi connectivity index (χ4v) is 3.52. The number of fused-ring (bicyclic) bond motifs is 2. The van der Waals surface area contributed by atoms with E-state index in [4.69, 9.17) is 5.73 Å². The Hall–Kier alpha value is -2.66. The second kappa shape index (κ2) is 9.23. The van der Waals surface area contributed by atoms with Gasteiger partial charge in [-0.2, -0.15) is 4.57 Å². The molecule has 1 atom stereocenters. The largest absolute Gasteiger partial charge is 1.00 e. The van der Waals surface area contributed by atoms with Gasteiger partial charge in [-0.25, -0.2) is 0 Å². The molecule has 0 fully saturated rings. The van der Waals surface area contributed by atoms with Crippen LogP contribution in [-0.2, 0) is 11.8 Å². The van der Waals surface area contributed by atoms with E-state index >= 15 is 0 Å². The number of benzene rings is 3. The first-order valence-electron chi connectivity index (χ1n) is 9.02. The minimum atomic E-state index is -0.535. The fourth-order valence-electron chi connectivity index (χ4n) is 3.52. The third kappa shape index (κ3) is 4.20. The lowest BCUT2D eigenvalue weighted by Crippen LogP contribution is -3.00. The summed E-state index contributed by atoms with van der Waals surface area (Å²) in [6, 6.07) is 24.3. The molecule has 0 bridgehead atoms. The lowest BCUT2D eigenvalue weighted by atomic mass is 9.95. The van der Waals surface area contributed by atoms with Crippen LogP contribution in [0.15, 0.2) is 72.8 Å². The summed E-state index contributed by atoms with van der Waals surface area (Å²) in [6.45, 7) is 1.67. The van der Waals surface area contributed by atoms with Crippen LogP contribution in [0.3, 0.4) is 0 Å². The van der Waals surface area contributed by atoms with Gasteiger partial charge in [0.2, 0.25) is 16.9 Å². The highest BCUT2D eigenvalue weighted by Gasteiger charge is 2.18. The molecule has 0 aliphatic carbocycles. The average molecular weight is 428 g/mol. The van der Waals surface area contributed by atoms with Gasteiger partial charge in [0.25, 0.3) is 0 Å². The van der Waals surface area contributed by atoms with E-state index in [1.165, 1.54) is 27.4 Å². The van der Waals surface area contributed by atoms with Crippen LogP contribution in [0.1, 0.15) is 6.92 Å². The smallest absolute Gasteiger partial charge is 0.240 e. The zero-order valence-corrected chi connectivity index (χ0v) is 17.8. The number of anilines is 1. The summed E-state index contributed by atoms with van der Waals surface area (Å²) in [6.07, 6.45) is 0. The number of carbonyl (C=O) groups is 1. The zero-order valence-electron chi connectivity index (χ0n) is 16.2. The highest BCUT2D eigenvalue weighted by atomic mass is 35.5. The van der Waals surface area contributed by atoms with Crippen LogP contribution in [0, 0.1) is 0 Å². The summed E-state index contributed by atoms with van der Waals surface area (Å²) in [5.41, 5.74) is 11.0. The third-order valence-electron chi connectivity index (χ3n) is 4.92. The maximum atomic E-state index is 11.8. The van der Waals surface area contributed by atoms with E-state index in [2.05, 4.69) is 65.5 Å². The number of nitrogens with zero attached hydrogens (tertiary/aromatic N) is 1. The molecule has 1 aromatic heterocycles. The van der Waals surface area contributed by atoms with E-state index in [0.717, 1.165) is 11.3 Å². The molecular formula is C23H23Cl2N3O. The van der Waals surface area contributed by atoms with Crippen LogP contribution >= 0.6 is 12.4 Å². The fraction of sp³-hybridized carbons (Fsp3) is 0.130. The predicted molar refractivity (Wildman–Crippen MR) is 118 cm³/mol. The van der Waals surface area contributed by atoms with Gasteiger partial charge in [0.05, 0.1) is 16.8 Å². The number of hydrogen-bond donors (Lipinski definition) is 2. The van der Waals surface area contributed by atoms with Crippen LogP contribution in [0.4, 0.5) is 5.69 Å². The Balaban J connectivity index is 0.00000150. The molecule has 0 saturated carbocycles.